The van der Waals surface area contributed by atoms with Gasteiger partial charge in [0.25, 0.3) is 11.8 Å². The molecule has 37 heavy (non-hydrogen) atoms. The number of amides is 2. The zero-order valence-corrected chi connectivity index (χ0v) is 20.9. The molecule has 192 valence electrons. The number of carbonyl (C=O) groups excluding carboxylic acids is 2. The highest BCUT2D eigenvalue weighted by Gasteiger charge is 2.55. The molecular weight excluding hydrogens is 555 g/mol. The molecule has 1 aliphatic heterocycles. The highest BCUT2D eigenvalue weighted by molar-refractivity contribution is 6.36. The van der Waals surface area contributed by atoms with Crippen LogP contribution in [0.1, 0.15) is 46.5 Å². The Bertz CT molecular complexity index is 1470. The number of nitrogens with zero attached hydrogens (tertiary/aromatic N) is 3. The number of halogens is 5. The zero-order chi connectivity index (χ0) is 26.1. The molecule has 2 fully saturated rings. The van der Waals surface area contributed by atoms with E-state index < -0.39 is 35.1 Å². The van der Waals surface area contributed by atoms with Crippen molar-refractivity contribution in [2.45, 2.75) is 37.5 Å². The maximum Gasteiger partial charge on any atom is 0.586 e. The molecule has 1 aromatic carbocycles. The smallest absolute Gasteiger partial charge is 0.395 e. The van der Waals surface area contributed by atoms with Crippen molar-refractivity contribution >= 4 is 52.3 Å². The molecule has 0 bridgehead atoms. The van der Waals surface area contributed by atoms with Crippen LogP contribution in [0.2, 0.25) is 15.2 Å². The number of alkyl halides is 2. The van der Waals surface area contributed by atoms with Gasteiger partial charge in [-0.25, -0.2) is 9.67 Å². The molecule has 0 radical (unpaired) electrons. The second kappa shape index (κ2) is 8.44. The van der Waals surface area contributed by atoms with Crippen LogP contribution in [0.15, 0.2) is 30.5 Å². The lowest BCUT2D eigenvalue weighted by Crippen LogP contribution is -2.39. The van der Waals surface area contributed by atoms with Crippen molar-refractivity contribution < 1.29 is 27.8 Å². The lowest BCUT2D eigenvalue weighted by atomic mass is 10.1. The van der Waals surface area contributed by atoms with E-state index >= 15 is 0 Å². The molecule has 2 amide bonds. The molecule has 3 aromatic rings. The van der Waals surface area contributed by atoms with Gasteiger partial charge in [-0.15, -0.1) is 8.78 Å². The second-order valence-electron chi connectivity index (χ2n) is 9.01. The van der Waals surface area contributed by atoms with Crippen molar-refractivity contribution in [3.63, 3.8) is 0 Å². The van der Waals surface area contributed by atoms with Crippen LogP contribution in [-0.2, 0) is 0 Å². The number of nitrogens with one attached hydrogen (secondary N) is 2. The van der Waals surface area contributed by atoms with Gasteiger partial charge in [-0.3, -0.25) is 9.59 Å². The average molecular weight is 571 g/mol. The van der Waals surface area contributed by atoms with Crippen LogP contribution >= 0.6 is 34.8 Å². The first kappa shape index (κ1) is 24.2. The van der Waals surface area contributed by atoms with Gasteiger partial charge in [0.05, 0.1) is 15.7 Å². The number of hydrogen-bond acceptors (Lipinski definition) is 6. The number of benzene rings is 1. The van der Waals surface area contributed by atoms with E-state index in [1.54, 1.807) is 12.1 Å². The Balaban J connectivity index is 1.40. The number of anilines is 1. The Hall–Kier alpha value is -3.15. The fraction of sp³-hybridized carbons (Fsp3) is 0.304. The number of hydrogen-bond donors (Lipinski definition) is 2. The predicted molar refractivity (Wildman–Crippen MR) is 129 cm³/mol. The normalized spacial score (nSPS) is 18.4. The third-order valence-corrected chi connectivity index (χ3v) is 7.25. The Morgan fingerprint density at radius 1 is 1.08 bits per heavy atom. The monoisotopic (exact) mass is 569 g/mol. The van der Waals surface area contributed by atoms with Gasteiger partial charge in [0.15, 0.2) is 22.5 Å². The van der Waals surface area contributed by atoms with Crippen molar-refractivity contribution in [1.29, 1.82) is 0 Å². The molecule has 3 aliphatic rings. The molecule has 0 spiro atoms. The number of pyridine rings is 1. The molecule has 14 heteroatoms. The van der Waals surface area contributed by atoms with Crippen LogP contribution < -0.4 is 20.1 Å². The van der Waals surface area contributed by atoms with Crippen LogP contribution in [0, 0.1) is 5.92 Å². The number of carbonyl (C=O) groups is 2. The maximum atomic E-state index is 14.0. The van der Waals surface area contributed by atoms with Crippen LogP contribution in [0.25, 0.3) is 5.82 Å². The number of ether oxygens (including phenoxy) is 2. The summed E-state index contributed by atoms with van der Waals surface area (Å²) in [7, 11) is 0. The fourth-order valence-corrected chi connectivity index (χ4v) is 5.09. The van der Waals surface area contributed by atoms with E-state index in [0.717, 1.165) is 36.4 Å². The summed E-state index contributed by atoms with van der Waals surface area (Å²) in [5.41, 5.74) is -1.13. The van der Waals surface area contributed by atoms with Crippen LogP contribution in [0.3, 0.4) is 0 Å². The molecule has 3 heterocycles. The first-order valence-corrected chi connectivity index (χ1v) is 12.3. The van der Waals surface area contributed by atoms with E-state index in [1.807, 2.05) is 0 Å². The van der Waals surface area contributed by atoms with E-state index in [9.17, 15) is 18.4 Å². The van der Waals surface area contributed by atoms with E-state index in [4.69, 9.17) is 34.8 Å². The molecule has 0 unspecified atom stereocenters. The van der Waals surface area contributed by atoms with E-state index in [1.165, 1.54) is 12.3 Å². The summed E-state index contributed by atoms with van der Waals surface area (Å²) < 4.78 is 38.3. The third-order valence-electron chi connectivity index (χ3n) is 6.47. The van der Waals surface area contributed by atoms with Crippen molar-refractivity contribution in [1.82, 2.24) is 20.1 Å². The molecule has 9 nitrogen and oxygen atoms in total. The molecule has 6 rings (SSSR count). The lowest BCUT2D eigenvalue weighted by molar-refractivity contribution is -0.286. The molecule has 0 atom stereocenters. The Labute approximate surface area is 223 Å². The van der Waals surface area contributed by atoms with Gasteiger partial charge in [-0.1, -0.05) is 34.8 Å². The van der Waals surface area contributed by atoms with Gasteiger partial charge >= 0.3 is 6.29 Å². The predicted octanol–water partition coefficient (Wildman–Crippen LogP) is 5.47. The minimum Gasteiger partial charge on any atom is -0.395 e. The second-order valence-corrected chi connectivity index (χ2v) is 10.2. The summed E-state index contributed by atoms with van der Waals surface area (Å²) >= 11 is 18.6. The number of fused-ring (bicyclic) bond motifs is 1. The minimum atomic E-state index is -4.01. The first-order chi connectivity index (χ1) is 17.6. The van der Waals surface area contributed by atoms with Gasteiger partial charge in [-0.2, -0.15) is 5.10 Å². The van der Waals surface area contributed by atoms with Crippen LogP contribution in [0.4, 0.5) is 14.5 Å². The summed E-state index contributed by atoms with van der Waals surface area (Å²) in [5.74, 6) is -2.06. The maximum absolute atomic E-state index is 14.0. The van der Waals surface area contributed by atoms with Crippen molar-refractivity contribution in [2.75, 3.05) is 5.32 Å². The first-order valence-electron chi connectivity index (χ1n) is 11.2. The van der Waals surface area contributed by atoms with E-state index in [2.05, 4.69) is 30.2 Å². The van der Waals surface area contributed by atoms with Crippen molar-refractivity contribution in [2.24, 2.45) is 5.92 Å². The molecule has 2 N–H and O–H groups in total. The summed E-state index contributed by atoms with van der Waals surface area (Å²) in [4.78, 5) is 31.0. The SMILES string of the molecule is O=C(NC1(C2CC2)CC1)c1c(NC(=O)c2cc(Cl)nn2-c2ncccc2Cl)c(Cl)cc2c1OC(F)(F)O2. The van der Waals surface area contributed by atoms with Gasteiger partial charge in [0, 0.05) is 23.9 Å². The van der Waals surface area contributed by atoms with Crippen molar-refractivity contribution in [3.8, 4) is 17.3 Å². The fourth-order valence-electron chi connectivity index (χ4n) is 4.47. The summed E-state index contributed by atoms with van der Waals surface area (Å²) in [6.07, 6.45) is 0.905. The summed E-state index contributed by atoms with van der Waals surface area (Å²) in [5, 5.41) is 9.45. The highest BCUT2D eigenvalue weighted by Crippen LogP contribution is 2.55. The van der Waals surface area contributed by atoms with Crippen molar-refractivity contribution in [3.05, 3.63) is 56.9 Å². The quantitative estimate of drug-likeness (QED) is 0.407. The molecular formula is C23H16Cl3F2N5O4. The molecule has 2 aliphatic carbocycles. The van der Waals surface area contributed by atoms with Gasteiger partial charge in [-0.05, 0) is 43.7 Å². The van der Waals surface area contributed by atoms with Gasteiger partial charge in [0.2, 0.25) is 0 Å². The largest absolute Gasteiger partial charge is 0.586 e. The lowest BCUT2D eigenvalue weighted by Gasteiger charge is -2.20. The number of aromatic nitrogens is 3. The number of rotatable bonds is 6. The summed E-state index contributed by atoms with van der Waals surface area (Å²) in [6.45, 7) is 0. The zero-order valence-electron chi connectivity index (χ0n) is 18.7. The van der Waals surface area contributed by atoms with E-state index in [0.29, 0.717) is 5.92 Å². The van der Waals surface area contributed by atoms with Crippen LogP contribution in [0.5, 0.6) is 11.5 Å². The Morgan fingerprint density at radius 3 is 2.51 bits per heavy atom. The highest BCUT2D eigenvalue weighted by atomic mass is 35.5. The van der Waals surface area contributed by atoms with Gasteiger partial charge in [0.1, 0.15) is 11.3 Å². The standard InChI is InChI=1S/C23H16Cl3F2N5O4/c24-11-2-1-7-29-19(11)33-13(9-15(26)32-33)20(34)30-17-12(25)8-14-18(37-23(27,28)36-14)16(17)21(35)31-22(5-6-22)10-3-4-10/h1-2,7-10H,3-6H2,(H,30,34)(H,31,35). The average Bonchev–Trinajstić information content (AvgIpc) is 3.74. The molecule has 0 saturated heterocycles. The van der Waals surface area contributed by atoms with Gasteiger partial charge < -0.3 is 20.1 Å². The summed E-state index contributed by atoms with van der Waals surface area (Å²) in [6, 6.07) is 5.44. The van der Waals surface area contributed by atoms with E-state index in [-0.39, 0.29) is 38.0 Å². The Morgan fingerprint density at radius 2 is 1.84 bits per heavy atom. The minimum absolute atomic E-state index is 0.0404. The van der Waals surface area contributed by atoms with Crippen LogP contribution in [-0.4, -0.2) is 38.4 Å². The Kier molecular flexibility index (Phi) is 5.52. The third kappa shape index (κ3) is 4.34. The molecule has 2 saturated carbocycles. The topological polar surface area (TPSA) is 107 Å². The molecule has 2 aromatic heterocycles.